The van der Waals surface area contributed by atoms with E-state index >= 15 is 0 Å². The Bertz CT molecular complexity index is 1380. The SMILES string of the molecule is CCCCc1cccc2cc3cc4sc5ccccc5c(=O)c4cc3cc12. The van der Waals surface area contributed by atoms with Crippen molar-refractivity contribution in [3.8, 4) is 0 Å². The number of rotatable bonds is 3. The van der Waals surface area contributed by atoms with Crippen molar-refractivity contribution in [1.29, 1.82) is 0 Å². The van der Waals surface area contributed by atoms with E-state index in [1.165, 1.54) is 34.6 Å². The van der Waals surface area contributed by atoms with E-state index in [1.54, 1.807) is 11.3 Å². The lowest BCUT2D eigenvalue weighted by atomic mass is 9.96. The van der Waals surface area contributed by atoms with Gasteiger partial charge in [-0.2, -0.15) is 0 Å². The number of fused-ring (bicyclic) bond motifs is 4. The molecular weight excluding hydrogens is 348 g/mol. The molecule has 0 amide bonds. The molecule has 0 aliphatic rings. The molecule has 0 aliphatic heterocycles. The highest BCUT2D eigenvalue weighted by Gasteiger charge is 2.09. The van der Waals surface area contributed by atoms with Gasteiger partial charge in [0.25, 0.3) is 0 Å². The molecule has 1 heterocycles. The van der Waals surface area contributed by atoms with Gasteiger partial charge in [0.2, 0.25) is 0 Å². The van der Waals surface area contributed by atoms with Gasteiger partial charge < -0.3 is 0 Å². The summed E-state index contributed by atoms with van der Waals surface area (Å²) in [5.41, 5.74) is 1.54. The summed E-state index contributed by atoms with van der Waals surface area (Å²) in [7, 11) is 0. The summed E-state index contributed by atoms with van der Waals surface area (Å²) in [5, 5.41) is 6.60. The second-order valence-corrected chi connectivity index (χ2v) is 8.30. The van der Waals surface area contributed by atoms with Gasteiger partial charge in [0, 0.05) is 20.2 Å². The Kier molecular flexibility index (Phi) is 3.95. The smallest absolute Gasteiger partial charge is 0.195 e. The van der Waals surface area contributed by atoms with Crippen molar-refractivity contribution >= 4 is 53.1 Å². The number of hydrogen-bond acceptors (Lipinski definition) is 2. The molecule has 0 saturated carbocycles. The first-order valence-corrected chi connectivity index (χ1v) is 10.4. The van der Waals surface area contributed by atoms with Crippen LogP contribution in [0.25, 0.3) is 41.7 Å². The van der Waals surface area contributed by atoms with E-state index in [0.29, 0.717) is 0 Å². The van der Waals surface area contributed by atoms with Crippen molar-refractivity contribution in [2.24, 2.45) is 0 Å². The highest BCUT2D eigenvalue weighted by molar-refractivity contribution is 7.24. The van der Waals surface area contributed by atoms with Crippen molar-refractivity contribution in [3.63, 3.8) is 0 Å². The van der Waals surface area contributed by atoms with Crippen LogP contribution in [0, 0.1) is 0 Å². The van der Waals surface area contributed by atoms with Gasteiger partial charge in [-0.3, -0.25) is 4.79 Å². The normalized spacial score (nSPS) is 11.7. The van der Waals surface area contributed by atoms with Crippen LogP contribution in [-0.4, -0.2) is 0 Å². The maximum absolute atomic E-state index is 13.0. The standard InChI is InChI=1S/C25H20OS/c1-2-3-7-16-8-6-9-17-12-18-15-24-22(14-19(18)13-21(16)17)25(26)20-10-4-5-11-23(20)27-24/h4-6,8-15H,2-3,7H2,1H3. The molecule has 1 aromatic heterocycles. The molecule has 0 unspecified atom stereocenters. The van der Waals surface area contributed by atoms with Gasteiger partial charge in [-0.1, -0.05) is 43.7 Å². The molecule has 0 atom stereocenters. The molecule has 5 rings (SSSR count). The average Bonchev–Trinajstić information content (AvgIpc) is 2.70. The van der Waals surface area contributed by atoms with Crippen molar-refractivity contribution in [1.82, 2.24) is 0 Å². The lowest BCUT2D eigenvalue weighted by Crippen LogP contribution is -2.00. The maximum atomic E-state index is 13.0. The van der Waals surface area contributed by atoms with E-state index in [9.17, 15) is 4.79 Å². The molecule has 0 fully saturated rings. The van der Waals surface area contributed by atoms with Crippen LogP contribution in [0.3, 0.4) is 0 Å². The molecule has 0 N–H and O–H groups in total. The Labute approximate surface area is 161 Å². The highest BCUT2D eigenvalue weighted by atomic mass is 32.1. The molecule has 5 aromatic rings. The summed E-state index contributed by atoms with van der Waals surface area (Å²) in [6, 6.07) is 23.3. The summed E-state index contributed by atoms with van der Waals surface area (Å²) >= 11 is 1.70. The van der Waals surface area contributed by atoms with Crippen LogP contribution < -0.4 is 5.43 Å². The van der Waals surface area contributed by atoms with Crippen LogP contribution in [0.2, 0.25) is 0 Å². The Morgan fingerprint density at radius 1 is 0.741 bits per heavy atom. The largest absolute Gasteiger partial charge is 0.289 e. The van der Waals surface area contributed by atoms with Gasteiger partial charge >= 0.3 is 0 Å². The first kappa shape index (κ1) is 16.5. The average molecular weight is 369 g/mol. The molecule has 0 radical (unpaired) electrons. The molecular formula is C25H20OS. The van der Waals surface area contributed by atoms with Gasteiger partial charge in [-0.05, 0) is 76.3 Å². The molecule has 0 bridgehead atoms. The number of unbranched alkanes of at least 4 members (excludes halogenated alkanes) is 1. The zero-order valence-electron chi connectivity index (χ0n) is 15.3. The number of benzene rings is 4. The molecule has 0 aliphatic carbocycles. The Morgan fingerprint density at radius 3 is 2.44 bits per heavy atom. The molecule has 132 valence electrons. The minimum atomic E-state index is 0.139. The van der Waals surface area contributed by atoms with E-state index in [0.717, 1.165) is 32.0 Å². The maximum Gasteiger partial charge on any atom is 0.195 e. The van der Waals surface area contributed by atoms with Crippen molar-refractivity contribution in [3.05, 3.63) is 82.5 Å². The van der Waals surface area contributed by atoms with Crippen molar-refractivity contribution < 1.29 is 0 Å². The monoisotopic (exact) mass is 368 g/mol. The quantitative estimate of drug-likeness (QED) is 0.311. The van der Waals surface area contributed by atoms with Crippen LogP contribution in [0.15, 0.2) is 71.5 Å². The van der Waals surface area contributed by atoms with Gasteiger partial charge in [0.1, 0.15) is 0 Å². The number of hydrogen-bond donors (Lipinski definition) is 0. The van der Waals surface area contributed by atoms with E-state index < -0.39 is 0 Å². The van der Waals surface area contributed by atoms with Crippen molar-refractivity contribution in [2.75, 3.05) is 0 Å². The minimum absolute atomic E-state index is 0.139. The summed E-state index contributed by atoms with van der Waals surface area (Å²) in [5.74, 6) is 0. The van der Waals surface area contributed by atoms with Gasteiger partial charge in [0.15, 0.2) is 5.43 Å². The van der Waals surface area contributed by atoms with Gasteiger partial charge in [-0.15, -0.1) is 11.3 Å². The topological polar surface area (TPSA) is 17.1 Å². The highest BCUT2D eigenvalue weighted by Crippen LogP contribution is 2.32. The zero-order chi connectivity index (χ0) is 18.4. The Balaban J connectivity index is 1.84. The van der Waals surface area contributed by atoms with Crippen molar-refractivity contribution in [2.45, 2.75) is 26.2 Å². The fourth-order valence-corrected chi connectivity index (χ4v) is 5.08. The first-order valence-electron chi connectivity index (χ1n) is 9.55. The third kappa shape index (κ3) is 2.72. The third-order valence-corrected chi connectivity index (χ3v) is 6.56. The summed E-state index contributed by atoms with van der Waals surface area (Å²) in [4.78, 5) is 13.0. The predicted molar refractivity (Wildman–Crippen MR) is 119 cm³/mol. The lowest BCUT2D eigenvalue weighted by Gasteiger charge is -2.09. The van der Waals surface area contributed by atoms with Crippen LogP contribution >= 0.6 is 11.3 Å². The van der Waals surface area contributed by atoms with E-state index in [1.807, 2.05) is 24.3 Å². The fraction of sp³-hybridized carbons (Fsp3) is 0.160. The second-order valence-electron chi connectivity index (χ2n) is 7.22. The fourth-order valence-electron chi connectivity index (χ4n) is 3.97. The molecule has 1 nitrogen and oxygen atoms in total. The van der Waals surface area contributed by atoms with Crippen LogP contribution in [0.4, 0.5) is 0 Å². The Morgan fingerprint density at radius 2 is 1.56 bits per heavy atom. The molecule has 0 saturated heterocycles. The van der Waals surface area contributed by atoms with Crippen LogP contribution in [-0.2, 0) is 6.42 Å². The van der Waals surface area contributed by atoms with Crippen LogP contribution in [0.5, 0.6) is 0 Å². The molecule has 4 aromatic carbocycles. The van der Waals surface area contributed by atoms with Gasteiger partial charge in [0.05, 0.1) is 0 Å². The molecule has 2 heteroatoms. The van der Waals surface area contributed by atoms with E-state index in [2.05, 4.69) is 49.4 Å². The number of aryl methyl sites for hydroxylation is 1. The second kappa shape index (κ2) is 6.47. The molecule has 0 spiro atoms. The van der Waals surface area contributed by atoms with Gasteiger partial charge in [-0.25, -0.2) is 0 Å². The Hall–Kier alpha value is -2.71. The zero-order valence-corrected chi connectivity index (χ0v) is 16.1. The van der Waals surface area contributed by atoms with Crippen LogP contribution in [0.1, 0.15) is 25.3 Å². The minimum Gasteiger partial charge on any atom is -0.289 e. The van der Waals surface area contributed by atoms with E-state index in [-0.39, 0.29) is 5.43 Å². The van der Waals surface area contributed by atoms with E-state index in [4.69, 9.17) is 0 Å². The first-order chi connectivity index (χ1) is 13.2. The summed E-state index contributed by atoms with van der Waals surface area (Å²) in [6.07, 6.45) is 3.50. The molecule has 27 heavy (non-hydrogen) atoms. The third-order valence-electron chi connectivity index (χ3n) is 5.42. The summed E-state index contributed by atoms with van der Waals surface area (Å²) < 4.78 is 2.12. The summed E-state index contributed by atoms with van der Waals surface area (Å²) in [6.45, 7) is 2.23. The lowest BCUT2D eigenvalue weighted by molar-refractivity contribution is 0.799. The predicted octanol–water partition coefficient (Wildman–Crippen LogP) is 7.06.